The molecule has 0 atom stereocenters. The number of furan rings is 1. The molecule has 0 amide bonds. The van der Waals surface area contributed by atoms with Gasteiger partial charge < -0.3 is 18.6 Å². The summed E-state index contributed by atoms with van der Waals surface area (Å²) < 4.78 is 21.0. The van der Waals surface area contributed by atoms with Gasteiger partial charge in [-0.2, -0.15) is 0 Å². The molecule has 0 saturated heterocycles. The molecule has 0 fully saturated rings. The summed E-state index contributed by atoms with van der Waals surface area (Å²) >= 11 is 0. The van der Waals surface area contributed by atoms with Gasteiger partial charge in [0.2, 0.25) is 5.78 Å². The third-order valence-corrected chi connectivity index (χ3v) is 4.53. The molecular formula is C22H22O6. The molecular weight excluding hydrogens is 360 g/mol. The van der Waals surface area contributed by atoms with Crippen LogP contribution >= 0.6 is 0 Å². The van der Waals surface area contributed by atoms with E-state index in [0.717, 1.165) is 28.5 Å². The van der Waals surface area contributed by atoms with Crippen LogP contribution in [0.1, 0.15) is 28.4 Å². The van der Waals surface area contributed by atoms with E-state index in [1.54, 1.807) is 24.5 Å². The number of carbonyl (C=O) groups is 2. The van der Waals surface area contributed by atoms with E-state index in [1.165, 1.54) is 14.2 Å². The second-order valence-corrected chi connectivity index (χ2v) is 6.27. The number of Topliss-reactive ketones (excluding diaryl/α,β-unsaturated/α-hetero) is 1. The molecule has 3 aromatic rings. The molecule has 3 rings (SSSR count). The predicted molar refractivity (Wildman–Crippen MR) is 104 cm³/mol. The second kappa shape index (κ2) is 8.61. The van der Waals surface area contributed by atoms with Crippen molar-refractivity contribution in [3.63, 3.8) is 0 Å². The molecule has 6 nitrogen and oxygen atoms in total. The van der Waals surface area contributed by atoms with Crippen LogP contribution in [-0.4, -0.2) is 32.6 Å². The number of ether oxygens (including phenoxy) is 3. The number of ketones is 1. The van der Waals surface area contributed by atoms with Crippen molar-refractivity contribution < 1.29 is 28.2 Å². The first-order valence-corrected chi connectivity index (χ1v) is 8.95. The number of esters is 1. The van der Waals surface area contributed by atoms with E-state index in [1.807, 2.05) is 18.2 Å². The number of carbonyl (C=O) groups excluding carboxylic acids is 2. The average Bonchev–Trinajstić information content (AvgIpc) is 3.13. The zero-order valence-electron chi connectivity index (χ0n) is 16.1. The minimum Gasteiger partial charge on any atom is -0.497 e. The minimum atomic E-state index is -0.502. The second-order valence-electron chi connectivity index (χ2n) is 6.27. The summed E-state index contributed by atoms with van der Waals surface area (Å²) in [5.41, 5.74) is 2.93. The Balaban J connectivity index is 1.65. The van der Waals surface area contributed by atoms with Crippen LogP contribution in [-0.2, 0) is 22.4 Å². The first kappa shape index (κ1) is 19.5. The van der Waals surface area contributed by atoms with E-state index in [9.17, 15) is 9.59 Å². The van der Waals surface area contributed by atoms with Crippen LogP contribution < -0.4 is 9.47 Å². The van der Waals surface area contributed by atoms with Crippen molar-refractivity contribution in [2.45, 2.75) is 19.8 Å². The Morgan fingerprint density at radius 1 is 1.04 bits per heavy atom. The van der Waals surface area contributed by atoms with Crippen LogP contribution in [0.4, 0.5) is 0 Å². The van der Waals surface area contributed by atoms with Gasteiger partial charge in [-0.3, -0.25) is 9.59 Å². The highest BCUT2D eigenvalue weighted by atomic mass is 16.5. The summed E-state index contributed by atoms with van der Waals surface area (Å²) in [6.45, 7) is 1.69. The van der Waals surface area contributed by atoms with Crippen molar-refractivity contribution in [1.29, 1.82) is 0 Å². The molecule has 0 spiro atoms. The van der Waals surface area contributed by atoms with Crippen molar-refractivity contribution in [3.8, 4) is 11.5 Å². The summed E-state index contributed by atoms with van der Waals surface area (Å²) in [5, 5.41) is 0.870. The zero-order valence-corrected chi connectivity index (χ0v) is 16.1. The third-order valence-electron chi connectivity index (χ3n) is 4.53. The first-order chi connectivity index (χ1) is 13.5. The Kier molecular flexibility index (Phi) is 5.99. The normalized spacial score (nSPS) is 10.7. The predicted octanol–water partition coefficient (Wildman–Crippen LogP) is 3.98. The molecule has 1 heterocycles. The minimum absolute atomic E-state index is 0.0288. The molecule has 6 heteroatoms. The summed E-state index contributed by atoms with van der Waals surface area (Å²) in [6, 6.07) is 10.8. The lowest BCUT2D eigenvalue weighted by atomic mass is 10.1. The molecule has 0 aliphatic carbocycles. The van der Waals surface area contributed by atoms with Gasteiger partial charge in [-0.25, -0.2) is 0 Å². The van der Waals surface area contributed by atoms with Gasteiger partial charge in [-0.1, -0.05) is 19.1 Å². The Morgan fingerprint density at radius 3 is 2.57 bits per heavy atom. The van der Waals surface area contributed by atoms with E-state index in [0.29, 0.717) is 17.1 Å². The van der Waals surface area contributed by atoms with E-state index in [-0.39, 0.29) is 18.8 Å². The maximum absolute atomic E-state index is 12.5. The highest BCUT2D eigenvalue weighted by Crippen LogP contribution is 2.25. The van der Waals surface area contributed by atoms with Crippen LogP contribution in [0.15, 0.2) is 47.1 Å². The number of aryl methyl sites for hydroxylation is 1. The fraction of sp³-hybridized carbons (Fsp3) is 0.273. The van der Waals surface area contributed by atoms with Gasteiger partial charge >= 0.3 is 5.97 Å². The molecule has 0 aliphatic rings. The number of fused-ring (bicyclic) bond motifs is 1. The lowest BCUT2D eigenvalue weighted by Crippen LogP contribution is -2.16. The Hall–Kier alpha value is -3.28. The van der Waals surface area contributed by atoms with Crippen molar-refractivity contribution in [2.75, 3.05) is 20.8 Å². The van der Waals surface area contributed by atoms with Gasteiger partial charge in [0.05, 0.1) is 32.5 Å². The largest absolute Gasteiger partial charge is 0.497 e. The van der Waals surface area contributed by atoms with Crippen LogP contribution in [0.3, 0.4) is 0 Å². The van der Waals surface area contributed by atoms with E-state index in [2.05, 4.69) is 6.92 Å². The highest BCUT2D eigenvalue weighted by molar-refractivity contribution is 6.01. The van der Waals surface area contributed by atoms with Crippen LogP contribution in [0.2, 0.25) is 0 Å². The summed E-state index contributed by atoms with van der Waals surface area (Å²) in [6.07, 6.45) is 2.49. The summed E-state index contributed by atoms with van der Waals surface area (Å²) in [7, 11) is 2.98. The number of benzene rings is 2. The van der Waals surface area contributed by atoms with E-state index < -0.39 is 5.97 Å². The zero-order chi connectivity index (χ0) is 20.1. The van der Waals surface area contributed by atoms with Crippen molar-refractivity contribution in [3.05, 3.63) is 59.4 Å². The van der Waals surface area contributed by atoms with Gasteiger partial charge in [0.15, 0.2) is 6.61 Å². The van der Waals surface area contributed by atoms with Crippen molar-refractivity contribution >= 4 is 22.7 Å². The Bertz CT molecular complexity index is 1000. The monoisotopic (exact) mass is 382 g/mol. The smallest absolute Gasteiger partial charge is 0.310 e. The molecule has 2 aromatic carbocycles. The van der Waals surface area contributed by atoms with Crippen LogP contribution in [0.5, 0.6) is 11.5 Å². The van der Waals surface area contributed by atoms with E-state index in [4.69, 9.17) is 18.6 Å². The van der Waals surface area contributed by atoms with E-state index >= 15 is 0 Å². The van der Waals surface area contributed by atoms with Gasteiger partial charge in [-0.05, 0) is 36.2 Å². The topological polar surface area (TPSA) is 75.0 Å². The quantitative estimate of drug-likeness (QED) is 0.433. The fourth-order valence-electron chi connectivity index (χ4n) is 2.95. The van der Waals surface area contributed by atoms with Crippen molar-refractivity contribution in [2.24, 2.45) is 0 Å². The molecule has 0 radical (unpaired) electrons. The third kappa shape index (κ3) is 4.17. The summed E-state index contributed by atoms with van der Waals surface area (Å²) in [5.74, 6) is 0.0485. The lowest BCUT2D eigenvalue weighted by Gasteiger charge is -2.10. The van der Waals surface area contributed by atoms with Gasteiger partial charge in [0, 0.05) is 10.9 Å². The Labute approximate surface area is 163 Å². The van der Waals surface area contributed by atoms with Crippen molar-refractivity contribution in [1.82, 2.24) is 0 Å². The Morgan fingerprint density at radius 2 is 1.86 bits per heavy atom. The molecule has 0 aliphatic heterocycles. The van der Waals surface area contributed by atoms with Gasteiger partial charge in [-0.15, -0.1) is 0 Å². The molecule has 0 N–H and O–H groups in total. The lowest BCUT2D eigenvalue weighted by molar-refractivity contribution is -0.141. The maximum atomic E-state index is 12.5. The molecule has 0 bridgehead atoms. The standard InChI is InChI=1S/C22H22O6/c1-4-14-5-7-17-15(12-27-21(17)9-14)10-22(24)28-13-19(23)18-11-16(25-2)6-8-20(18)26-3/h5-9,11-12H,4,10,13H2,1-3H3. The first-order valence-electron chi connectivity index (χ1n) is 8.95. The van der Waals surface area contributed by atoms with Gasteiger partial charge in [0.1, 0.15) is 17.1 Å². The number of methoxy groups -OCH3 is 2. The van der Waals surface area contributed by atoms with Gasteiger partial charge in [0.25, 0.3) is 0 Å². The summed E-state index contributed by atoms with van der Waals surface area (Å²) in [4.78, 5) is 24.7. The SMILES string of the molecule is CCc1ccc2c(CC(=O)OCC(=O)c3cc(OC)ccc3OC)coc2c1. The fourth-order valence-corrected chi connectivity index (χ4v) is 2.95. The molecule has 1 aromatic heterocycles. The molecule has 0 unspecified atom stereocenters. The van der Waals surface area contributed by atoms with Crippen LogP contribution in [0, 0.1) is 0 Å². The van der Waals surface area contributed by atoms with Crippen LogP contribution in [0.25, 0.3) is 11.0 Å². The maximum Gasteiger partial charge on any atom is 0.310 e. The molecule has 146 valence electrons. The number of hydrogen-bond acceptors (Lipinski definition) is 6. The highest BCUT2D eigenvalue weighted by Gasteiger charge is 2.17. The average molecular weight is 382 g/mol. The number of rotatable bonds is 8. The molecule has 28 heavy (non-hydrogen) atoms. The molecule has 0 saturated carbocycles. The number of hydrogen-bond donors (Lipinski definition) is 0.